The van der Waals surface area contributed by atoms with Gasteiger partial charge in [0.2, 0.25) is 22.7 Å². The summed E-state index contributed by atoms with van der Waals surface area (Å²) in [5.41, 5.74) is 1.13. The van der Waals surface area contributed by atoms with Crippen LogP contribution in [0.2, 0.25) is 0 Å². The van der Waals surface area contributed by atoms with Gasteiger partial charge in [-0.05, 0) is 29.8 Å². The molecule has 0 unspecified atom stereocenters. The van der Waals surface area contributed by atoms with Crippen molar-refractivity contribution in [1.29, 1.82) is 5.26 Å². The molecule has 140 valence electrons. The minimum atomic E-state index is -3.75. The number of rotatable bonds is 6. The Morgan fingerprint density at radius 2 is 1.96 bits per heavy atom. The number of anilines is 1. The molecule has 1 N–H and O–H groups in total. The molecule has 0 aliphatic carbocycles. The van der Waals surface area contributed by atoms with Crippen molar-refractivity contribution in [2.75, 3.05) is 23.9 Å². The van der Waals surface area contributed by atoms with Crippen LogP contribution in [0.4, 0.5) is 5.69 Å². The van der Waals surface area contributed by atoms with Gasteiger partial charge in [-0.3, -0.25) is 9.10 Å². The molecule has 3 rings (SSSR count). The van der Waals surface area contributed by atoms with Crippen molar-refractivity contribution in [2.24, 2.45) is 0 Å². The molecule has 1 amide bonds. The van der Waals surface area contributed by atoms with E-state index in [4.69, 9.17) is 9.47 Å². The van der Waals surface area contributed by atoms with Crippen molar-refractivity contribution >= 4 is 21.6 Å². The Bertz CT molecular complexity index is 1010. The van der Waals surface area contributed by atoms with E-state index < -0.39 is 22.5 Å². The lowest BCUT2D eigenvalue weighted by Gasteiger charge is -2.22. The monoisotopic (exact) mass is 387 g/mol. The minimum Gasteiger partial charge on any atom is -0.454 e. The zero-order valence-electron chi connectivity index (χ0n) is 14.5. The molecule has 0 radical (unpaired) electrons. The average Bonchev–Trinajstić information content (AvgIpc) is 3.11. The summed E-state index contributed by atoms with van der Waals surface area (Å²) in [5.74, 6) is 0.745. The molecule has 27 heavy (non-hydrogen) atoms. The smallest absolute Gasteiger partial charge is 0.241 e. The van der Waals surface area contributed by atoms with Crippen LogP contribution in [0, 0.1) is 11.3 Å². The average molecular weight is 387 g/mol. The third kappa shape index (κ3) is 4.30. The molecule has 1 aliphatic heterocycles. The third-order valence-electron chi connectivity index (χ3n) is 3.91. The quantitative estimate of drug-likeness (QED) is 0.802. The van der Waals surface area contributed by atoms with Crippen molar-refractivity contribution in [3.63, 3.8) is 0 Å². The van der Waals surface area contributed by atoms with Crippen molar-refractivity contribution in [2.45, 2.75) is 6.54 Å². The molecular formula is C18H17N3O5S. The first-order valence-electron chi connectivity index (χ1n) is 8.00. The second kappa shape index (κ2) is 7.55. The van der Waals surface area contributed by atoms with Crippen molar-refractivity contribution in [1.82, 2.24) is 5.32 Å². The van der Waals surface area contributed by atoms with Gasteiger partial charge in [0.15, 0.2) is 11.5 Å². The molecule has 1 heterocycles. The summed E-state index contributed by atoms with van der Waals surface area (Å²) in [7, 11) is -3.75. The SMILES string of the molecule is CS(=O)(=O)N(CC(=O)NCc1ccc2c(c1)OCO2)c1ccccc1C#N. The zero-order chi connectivity index (χ0) is 19.4. The fourth-order valence-electron chi connectivity index (χ4n) is 2.60. The van der Waals surface area contributed by atoms with Crippen molar-refractivity contribution in [3.8, 4) is 17.6 Å². The molecule has 1 aliphatic rings. The highest BCUT2D eigenvalue weighted by Gasteiger charge is 2.23. The van der Waals surface area contributed by atoms with Gasteiger partial charge in [0, 0.05) is 6.54 Å². The van der Waals surface area contributed by atoms with Gasteiger partial charge in [-0.2, -0.15) is 5.26 Å². The molecule has 9 heteroatoms. The summed E-state index contributed by atoms with van der Waals surface area (Å²) in [6.07, 6.45) is 0.992. The number of carbonyl (C=O) groups is 1. The maximum atomic E-state index is 12.3. The highest BCUT2D eigenvalue weighted by molar-refractivity contribution is 7.92. The molecular weight excluding hydrogens is 370 g/mol. The first kappa shape index (κ1) is 18.5. The molecule has 8 nitrogen and oxygen atoms in total. The molecule has 0 aromatic heterocycles. The number of nitriles is 1. The lowest BCUT2D eigenvalue weighted by molar-refractivity contribution is -0.119. The number of fused-ring (bicyclic) bond motifs is 1. The first-order valence-corrected chi connectivity index (χ1v) is 9.85. The second-order valence-corrected chi connectivity index (χ2v) is 7.77. The first-order chi connectivity index (χ1) is 12.9. The lowest BCUT2D eigenvalue weighted by atomic mass is 10.2. The Hall–Kier alpha value is -3.25. The van der Waals surface area contributed by atoms with Crippen LogP contribution in [0.1, 0.15) is 11.1 Å². The van der Waals surface area contributed by atoms with E-state index in [0.29, 0.717) is 11.5 Å². The number of hydrogen-bond acceptors (Lipinski definition) is 6. The third-order valence-corrected chi connectivity index (χ3v) is 5.03. The number of amides is 1. The fraction of sp³-hybridized carbons (Fsp3) is 0.222. The fourth-order valence-corrected chi connectivity index (χ4v) is 3.47. The van der Waals surface area contributed by atoms with E-state index in [9.17, 15) is 18.5 Å². The normalized spacial score (nSPS) is 12.3. The highest BCUT2D eigenvalue weighted by Crippen LogP contribution is 2.32. The van der Waals surface area contributed by atoms with Crippen LogP contribution in [0.3, 0.4) is 0 Å². The van der Waals surface area contributed by atoms with Crippen molar-refractivity contribution in [3.05, 3.63) is 53.6 Å². The van der Waals surface area contributed by atoms with Gasteiger partial charge in [0.1, 0.15) is 12.6 Å². The standard InChI is InChI=1S/C18H17N3O5S/c1-27(23,24)21(15-5-3-2-4-14(15)9-19)11-18(22)20-10-13-6-7-16-17(8-13)26-12-25-16/h2-8H,10-12H2,1H3,(H,20,22). The molecule has 0 bridgehead atoms. The lowest BCUT2D eigenvalue weighted by Crippen LogP contribution is -2.40. The second-order valence-electron chi connectivity index (χ2n) is 5.86. The number of ether oxygens (including phenoxy) is 2. The molecule has 2 aromatic rings. The number of carbonyl (C=O) groups excluding carboxylic acids is 1. The maximum Gasteiger partial charge on any atom is 0.241 e. The number of benzene rings is 2. The maximum absolute atomic E-state index is 12.3. The van der Waals surface area contributed by atoms with Crippen LogP contribution in [0.15, 0.2) is 42.5 Å². The predicted octanol–water partition coefficient (Wildman–Crippen LogP) is 1.37. The van der Waals surface area contributed by atoms with E-state index in [1.807, 2.05) is 6.07 Å². The summed E-state index contributed by atoms with van der Waals surface area (Å²) < 4.78 is 35.7. The van der Waals surface area contributed by atoms with Gasteiger partial charge >= 0.3 is 0 Å². The van der Waals surface area contributed by atoms with E-state index in [0.717, 1.165) is 16.1 Å². The van der Waals surface area contributed by atoms with Crippen LogP contribution in [-0.4, -0.2) is 33.9 Å². The summed E-state index contributed by atoms with van der Waals surface area (Å²) in [5, 5.41) is 11.9. The topological polar surface area (TPSA) is 109 Å². The van der Waals surface area contributed by atoms with E-state index in [2.05, 4.69) is 5.32 Å². The molecule has 0 saturated carbocycles. The largest absolute Gasteiger partial charge is 0.454 e. The molecule has 0 fully saturated rings. The summed E-state index contributed by atoms with van der Waals surface area (Å²) >= 11 is 0. The Kier molecular flexibility index (Phi) is 5.19. The zero-order valence-corrected chi connectivity index (χ0v) is 15.3. The van der Waals surface area contributed by atoms with E-state index >= 15 is 0 Å². The van der Waals surface area contributed by atoms with Crippen LogP contribution in [0.5, 0.6) is 11.5 Å². The summed E-state index contributed by atoms with van der Waals surface area (Å²) in [4.78, 5) is 12.3. The number of sulfonamides is 1. The van der Waals surface area contributed by atoms with Gasteiger partial charge < -0.3 is 14.8 Å². The van der Waals surface area contributed by atoms with E-state index in [1.165, 1.54) is 12.1 Å². The van der Waals surface area contributed by atoms with E-state index in [1.54, 1.807) is 30.3 Å². The van der Waals surface area contributed by atoms with Crippen LogP contribution < -0.4 is 19.1 Å². The number of para-hydroxylation sites is 1. The van der Waals surface area contributed by atoms with Crippen LogP contribution >= 0.6 is 0 Å². The van der Waals surface area contributed by atoms with Crippen LogP contribution in [-0.2, 0) is 21.4 Å². The summed E-state index contributed by atoms with van der Waals surface area (Å²) in [6.45, 7) is -0.0676. The van der Waals surface area contributed by atoms with E-state index in [-0.39, 0.29) is 24.6 Å². The Morgan fingerprint density at radius 3 is 2.70 bits per heavy atom. The Balaban J connectivity index is 1.71. The van der Waals surface area contributed by atoms with Gasteiger partial charge in [-0.15, -0.1) is 0 Å². The van der Waals surface area contributed by atoms with Crippen molar-refractivity contribution < 1.29 is 22.7 Å². The number of nitrogens with zero attached hydrogens (tertiary/aromatic N) is 2. The minimum absolute atomic E-state index is 0.159. The Morgan fingerprint density at radius 1 is 1.22 bits per heavy atom. The van der Waals surface area contributed by atoms with Gasteiger partial charge in [0.05, 0.1) is 17.5 Å². The van der Waals surface area contributed by atoms with Gasteiger partial charge in [-0.25, -0.2) is 8.42 Å². The molecule has 0 atom stereocenters. The number of hydrogen-bond donors (Lipinski definition) is 1. The van der Waals surface area contributed by atoms with Gasteiger partial charge in [-0.1, -0.05) is 18.2 Å². The summed E-state index contributed by atoms with van der Waals surface area (Å²) in [6, 6.07) is 13.4. The molecule has 0 saturated heterocycles. The number of nitrogens with one attached hydrogen (secondary N) is 1. The van der Waals surface area contributed by atoms with Gasteiger partial charge in [0.25, 0.3) is 0 Å². The van der Waals surface area contributed by atoms with Crippen LogP contribution in [0.25, 0.3) is 0 Å². The molecule has 0 spiro atoms. The Labute approximate surface area is 157 Å². The highest BCUT2D eigenvalue weighted by atomic mass is 32.2. The molecule has 2 aromatic carbocycles. The predicted molar refractivity (Wildman–Crippen MR) is 97.8 cm³/mol.